The van der Waals surface area contributed by atoms with Gasteiger partial charge in [-0.15, -0.1) is 0 Å². The average Bonchev–Trinajstić information content (AvgIpc) is 2.46. The van der Waals surface area contributed by atoms with Gasteiger partial charge in [-0.25, -0.2) is 9.97 Å². The second-order valence-corrected chi connectivity index (χ2v) is 4.46. The summed E-state index contributed by atoms with van der Waals surface area (Å²) < 4.78 is 5.14. The number of nitrogens with one attached hydrogen (secondary N) is 1. The maximum atomic E-state index is 5.92. The van der Waals surface area contributed by atoms with Crippen LogP contribution in [0, 0.1) is 0 Å². The smallest absolute Gasteiger partial charge is 0.216 e. The van der Waals surface area contributed by atoms with Gasteiger partial charge in [-0.1, -0.05) is 30.7 Å². The SMILES string of the molecule is CCNC(c1ccc(Cl)cc1)c1cc(OC)ncn1. The van der Waals surface area contributed by atoms with E-state index in [1.165, 1.54) is 6.33 Å². The first kappa shape index (κ1) is 13.8. The van der Waals surface area contributed by atoms with Crippen molar-refractivity contribution in [3.8, 4) is 5.88 Å². The van der Waals surface area contributed by atoms with Crippen molar-refractivity contribution < 1.29 is 4.74 Å². The standard InChI is InChI=1S/C14H16ClN3O/c1-3-16-14(10-4-6-11(15)7-5-10)12-8-13(19-2)18-9-17-12/h4-9,14,16H,3H2,1-2H3. The zero-order chi connectivity index (χ0) is 13.7. The third kappa shape index (κ3) is 3.43. The average molecular weight is 278 g/mol. The monoisotopic (exact) mass is 277 g/mol. The minimum Gasteiger partial charge on any atom is -0.481 e. The van der Waals surface area contributed by atoms with Gasteiger partial charge in [0.25, 0.3) is 0 Å². The van der Waals surface area contributed by atoms with Gasteiger partial charge in [0.15, 0.2) is 0 Å². The number of benzene rings is 1. The van der Waals surface area contributed by atoms with E-state index in [2.05, 4.69) is 22.2 Å². The summed E-state index contributed by atoms with van der Waals surface area (Å²) in [7, 11) is 1.59. The fraction of sp³-hybridized carbons (Fsp3) is 0.286. The van der Waals surface area contributed by atoms with Crippen LogP contribution in [0.5, 0.6) is 5.88 Å². The number of nitrogens with zero attached hydrogens (tertiary/aromatic N) is 2. The largest absolute Gasteiger partial charge is 0.481 e. The summed E-state index contributed by atoms with van der Waals surface area (Å²) in [6.45, 7) is 2.89. The second-order valence-electron chi connectivity index (χ2n) is 4.03. The van der Waals surface area contributed by atoms with E-state index in [0.717, 1.165) is 22.8 Å². The molecular weight excluding hydrogens is 262 g/mol. The maximum Gasteiger partial charge on any atom is 0.216 e. The number of aromatic nitrogens is 2. The molecule has 1 unspecified atom stereocenters. The highest BCUT2D eigenvalue weighted by Gasteiger charge is 2.15. The third-order valence-corrected chi connectivity index (χ3v) is 3.03. The number of halogens is 1. The first-order valence-corrected chi connectivity index (χ1v) is 6.47. The van der Waals surface area contributed by atoms with Gasteiger partial charge in [0.2, 0.25) is 5.88 Å². The molecule has 0 amide bonds. The topological polar surface area (TPSA) is 47.0 Å². The molecule has 19 heavy (non-hydrogen) atoms. The Morgan fingerprint density at radius 3 is 2.63 bits per heavy atom. The zero-order valence-corrected chi connectivity index (χ0v) is 11.7. The Morgan fingerprint density at radius 1 is 1.26 bits per heavy atom. The number of rotatable bonds is 5. The highest BCUT2D eigenvalue weighted by molar-refractivity contribution is 6.30. The van der Waals surface area contributed by atoms with Crippen molar-refractivity contribution in [3.05, 3.63) is 52.9 Å². The van der Waals surface area contributed by atoms with E-state index >= 15 is 0 Å². The lowest BCUT2D eigenvalue weighted by molar-refractivity contribution is 0.395. The Balaban J connectivity index is 2.35. The zero-order valence-electron chi connectivity index (χ0n) is 10.9. The van der Waals surface area contributed by atoms with Crippen molar-refractivity contribution in [2.45, 2.75) is 13.0 Å². The summed E-state index contributed by atoms with van der Waals surface area (Å²) in [6, 6.07) is 9.56. The summed E-state index contributed by atoms with van der Waals surface area (Å²) in [5, 5.41) is 4.12. The summed E-state index contributed by atoms with van der Waals surface area (Å²) in [5.74, 6) is 0.557. The molecule has 1 aromatic heterocycles. The summed E-state index contributed by atoms with van der Waals surface area (Å²) >= 11 is 5.92. The Bertz CT molecular complexity index is 530. The summed E-state index contributed by atoms with van der Waals surface area (Å²) in [5.41, 5.74) is 1.98. The normalized spacial score (nSPS) is 12.2. The lowest BCUT2D eigenvalue weighted by Crippen LogP contribution is -2.23. The molecule has 1 N–H and O–H groups in total. The molecule has 1 atom stereocenters. The van der Waals surface area contributed by atoms with Crippen molar-refractivity contribution >= 4 is 11.6 Å². The number of hydrogen-bond acceptors (Lipinski definition) is 4. The van der Waals surface area contributed by atoms with Crippen molar-refractivity contribution in [1.82, 2.24) is 15.3 Å². The van der Waals surface area contributed by atoms with Crippen molar-refractivity contribution in [2.24, 2.45) is 0 Å². The lowest BCUT2D eigenvalue weighted by atomic mass is 10.0. The van der Waals surface area contributed by atoms with Crippen LogP contribution in [0.15, 0.2) is 36.7 Å². The molecule has 0 fully saturated rings. The van der Waals surface area contributed by atoms with Crippen LogP contribution in [0.3, 0.4) is 0 Å². The van der Waals surface area contributed by atoms with Crippen molar-refractivity contribution in [2.75, 3.05) is 13.7 Å². The van der Waals surface area contributed by atoms with E-state index in [1.54, 1.807) is 7.11 Å². The van der Waals surface area contributed by atoms with Crippen LogP contribution in [0.1, 0.15) is 24.2 Å². The van der Waals surface area contributed by atoms with Crippen LogP contribution in [0.4, 0.5) is 0 Å². The Morgan fingerprint density at radius 2 is 2.00 bits per heavy atom. The highest BCUT2D eigenvalue weighted by atomic mass is 35.5. The van der Waals surface area contributed by atoms with Gasteiger partial charge in [-0.2, -0.15) is 0 Å². The molecule has 5 heteroatoms. The Hall–Kier alpha value is -1.65. The van der Waals surface area contributed by atoms with Gasteiger partial charge < -0.3 is 10.1 Å². The predicted molar refractivity (Wildman–Crippen MR) is 75.6 cm³/mol. The van der Waals surface area contributed by atoms with Gasteiger partial charge >= 0.3 is 0 Å². The summed E-state index contributed by atoms with van der Waals surface area (Å²) in [6.07, 6.45) is 1.51. The van der Waals surface area contributed by atoms with Crippen molar-refractivity contribution in [3.63, 3.8) is 0 Å². The Kier molecular flexibility index (Phi) is 4.71. The van der Waals surface area contributed by atoms with E-state index < -0.39 is 0 Å². The first-order valence-electron chi connectivity index (χ1n) is 6.09. The van der Waals surface area contributed by atoms with Crippen LogP contribution < -0.4 is 10.1 Å². The molecule has 0 saturated heterocycles. The lowest BCUT2D eigenvalue weighted by Gasteiger charge is -2.18. The minimum atomic E-state index is -0.000772. The number of ether oxygens (including phenoxy) is 1. The van der Waals surface area contributed by atoms with Crippen LogP contribution >= 0.6 is 11.6 Å². The quantitative estimate of drug-likeness (QED) is 0.913. The van der Waals surface area contributed by atoms with Gasteiger partial charge in [0, 0.05) is 11.1 Å². The summed E-state index contributed by atoms with van der Waals surface area (Å²) in [4.78, 5) is 8.34. The van der Waals surface area contributed by atoms with Crippen LogP contribution in [-0.4, -0.2) is 23.6 Å². The molecule has 0 aliphatic rings. The molecule has 1 heterocycles. The molecular formula is C14H16ClN3O. The molecule has 0 saturated carbocycles. The first-order chi connectivity index (χ1) is 9.24. The van der Waals surface area contributed by atoms with Crippen LogP contribution in [-0.2, 0) is 0 Å². The fourth-order valence-electron chi connectivity index (χ4n) is 1.88. The van der Waals surface area contributed by atoms with Crippen LogP contribution in [0.25, 0.3) is 0 Å². The van der Waals surface area contributed by atoms with E-state index in [9.17, 15) is 0 Å². The third-order valence-electron chi connectivity index (χ3n) is 2.78. The Labute approximate surface area is 117 Å². The number of hydrogen-bond donors (Lipinski definition) is 1. The number of methoxy groups -OCH3 is 1. The maximum absolute atomic E-state index is 5.92. The minimum absolute atomic E-state index is 0.000772. The molecule has 0 radical (unpaired) electrons. The highest BCUT2D eigenvalue weighted by Crippen LogP contribution is 2.23. The van der Waals surface area contributed by atoms with E-state index in [-0.39, 0.29) is 6.04 Å². The van der Waals surface area contributed by atoms with E-state index in [4.69, 9.17) is 16.3 Å². The molecule has 0 aliphatic carbocycles. The second kappa shape index (κ2) is 6.50. The van der Waals surface area contributed by atoms with Gasteiger partial charge in [-0.3, -0.25) is 0 Å². The van der Waals surface area contributed by atoms with Gasteiger partial charge in [0.05, 0.1) is 18.8 Å². The predicted octanol–water partition coefficient (Wildman–Crippen LogP) is 2.84. The fourth-order valence-corrected chi connectivity index (χ4v) is 2.00. The molecule has 0 spiro atoms. The van der Waals surface area contributed by atoms with Crippen molar-refractivity contribution in [1.29, 1.82) is 0 Å². The molecule has 1 aromatic carbocycles. The van der Waals surface area contributed by atoms with E-state index in [1.807, 2.05) is 30.3 Å². The van der Waals surface area contributed by atoms with Gasteiger partial charge in [0.1, 0.15) is 6.33 Å². The molecule has 2 rings (SSSR count). The molecule has 2 aromatic rings. The molecule has 0 bridgehead atoms. The van der Waals surface area contributed by atoms with Gasteiger partial charge in [-0.05, 0) is 24.2 Å². The molecule has 0 aliphatic heterocycles. The van der Waals surface area contributed by atoms with E-state index in [0.29, 0.717) is 5.88 Å². The van der Waals surface area contributed by atoms with Crippen LogP contribution in [0.2, 0.25) is 5.02 Å². The molecule has 100 valence electrons. The molecule has 4 nitrogen and oxygen atoms in total.